The summed E-state index contributed by atoms with van der Waals surface area (Å²) in [6.07, 6.45) is 1.77. The lowest BCUT2D eigenvalue weighted by atomic mass is 9.94. The van der Waals surface area contributed by atoms with Crippen molar-refractivity contribution >= 4 is 61.0 Å². The molecule has 0 bridgehead atoms. The van der Waals surface area contributed by atoms with Crippen molar-refractivity contribution in [3.8, 4) is 21.6 Å². The second-order valence-electron chi connectivity index (χ2n) is 8.62. The van der Waals surface area contributed by atoms with Gasteiger partial charge in [0.2, 0.25) is 0 Å². The molecular weight excluding hydrogens is 500 g/mol. The molecule has 180 valence electrons. The maximum atomic E-state index is 13.2. The molecule has 37 heavy (non-hydrogen) atoms. The number of thiazole rings is 1. The highest BCUT2D eigenvalue weighted by molar-refractivity contribution is 7.28. The van der Waals surface area contributed by atoms with E-state index in [-0.39, 0.29) is 12.1 Å². The third-order valence-electron chi connectivity index (χ3n) is 6.47. The second kappa shape index (κ2) is 8.96. The fraction of sp³-hybridized carbons (Fsp3) is 0.103. The second-order valence-corrected chi connectivity index (χ2v) is 10.7. The number of thiophene rings is 1. The van der Waals surface area contributed by atoms with Crippen molar-refractivity contribution in [1.82, 2.24) is 14.5 Å². The van der Waals surface area contributed by atoms with Gasteiger partial charge in [-0.15, -0.1) is 22.7 Å². The normalized spacial score (nSPS) is 15.4. The Hall–Kier alpha value is -4.32. The molecule has 0 unspecified atom stereocenters. The monoisotopic (exact) mass is 520 g/mol. The van der Waals surface area contributed by atoms with E-state index < -0.39 is 11.8 Å². The van der Waals surface area contributed by atoms with Crippen LogP contribution in [-0.2, 0) is 9.59 Å². The first kappa shape index (κ1) is 23.1. The van der Waals surface area contributed by atoms with Gasteiger partial charge in [0.15, 0.2) is 5.65 Å². The minimum Gasteiger partial charge on any atom is -0.294 e. The fourth-order valence-electron chi connectivity index (χ4n) is 4.61. The maximum absolute atomic E-state index is 13.2. The number of hydrogen-bond acceptors (Lipinski definition) is 6. The first-order valence-corrected chi connectivity index (χ1v) is 13.4. The van der Waals surface area contributed by atoms with Crippen LogP contribution in [0.25, 0.3) is 42.1 Å². The van der Waals surface area contributed by atoms with Crippen LogP contribution in [0.15, 0.2) is 83.4 Å². The van der Waals surface area contributed by atoms with Gasteiger partial charge in [0.05, 0.1) is 9.58 Å². The van der Waals surface area contributed by atoms with Crippen LogP contribution in [0.3, 0.4) is 0 Å². The maximum Gasteiger partial charge on any atom is 0.271 e. The summed E-state index contributed by atoms with van der Waals surface area (Å²) in [6.45, 7) is 3.58. The van der Waals surface area contributed by atoms with Gasteiger partial charge in [-0.25, -0.2) is 4.98 Å². The SMILES string of the molecule is CCN1C(=O)C(C#N)=C(C)/C(=C/c2cc3sc(-c4cc5ccccc5s4)nc3n2-c2ccccc2)C1=O. The highest BCUT2D eigenvalue weighted by Crippen LogP contribution is 2.40. The fourth-order valence-corrected chi connectivity index (χ4v) is 6.72. The summed E-state index contributed by atoms with van der Waals surface area (Å²) in [5.41, 5.74) is 3.19. The summed E-state index contributed by atoms with van der Waals surface area (Å²) in [5, 5.41) is 11.7. The molecule has 0 saturated carbocycles. The quantitative estimate of drug-likeness (QED) is 0.198. The van der Waals surface area contributed by atoms with E-state index in [1.807, 2.05) is 59.2 Å². The van der Waals surface area contributed by atoms with Gasteiger partial charge in [0.1, 0.15) is 16.6 Å². The zero-order valence-electron chi connectivity index (χ0n) is 20.1. The predicted molar refractivity (Wildman–Crippen MR) is 148 cm³/mol. The molecule has 0 saturated heterocycles. The van der Waals surface area contributed by atoms with Crippen LogP contribution in [-0.4, -0.2) is 32.8 Å². The van der Waals surface area contributed by atoms with E-state index in [1.165, 1.54) is 10.1 Å². The molecule has 0 atom stereocenters. The highest BCUT2D eigenvalue weighted by atomic mass is 32.1. The Kier molecular flexibility index (Phi) is 5.60. The van der Waals surface area contributed by atoms with Gasteiger partial charge in [0, 0.05) is 28.2 Å². The van der Waals surface area contributed by atoms with Crippen LogP contribution < -0.4 is 0 Å². The van der Waals surface area contributed by atoms with Crippen LogP contribution >= 0.6 is 22.7 Å². The first-order valence-electron chi connectivity index (χ1n) is 11.8. The lowest BCUT2D eigenvalue weighted by Crippen LogP contribution is -2.42. The minimum atomic E-state index is -0.543. The number of para-hydroxylation sites is 1. The van der Waals surface area contributed by atoms with Gasteiger partial charge in [-0.05, 0) is 61.2 Å². The molecule has 3 aromatic heterocycles. The minimum absolute atomic E-state index is 0.00231. The van der Waals surface area contributed by atoms with Gasteiger partial charge < -0.3 is 0 Å². The number of amides is 2. The van der Waals surface area contributed by atoms with Crippen molar-refractivity contribution in [2.45, 2.75) is 13.8 Å². The van der Waals surface area contributed by atoms with E-state index >= 15 is 0 Å². The molecule has 4 heterocycles. The van der Waals surface area contributed by atoms with Gasteiger partial charge in [0.25, 0.3) is 11.8 Å². The van der Waals surface area contributed by atoms with E-state index in [4.69, 9.17) is 4.98 Å². The Morgan fingerprint density at radius 3 is 2.46 bits per heavy atom. The number of rotatable bonds is 4. The average Bonchev–Trinajstić information content (AvgIpc) is 3.60. The molecule has 0 radical (unpaired) electrons. The van der Waals surface area contributed by atoms with Gasteiger partial charge in [-0.1, -0.05) is 36.4 Å². The number of fused-ring (bicyclic) bond motifs is 2. The molecule has 0 fully saturated rings. The summed E-state index contributed by atoms with van der Waals surface area (Å²) >= 11 is 3.32. The van der Waals surface area contributed by atoms with Crippen molar-refractivity contribution in [3.05, 3.63) is 89.1 Å². The molecule has 6 rings (SSSR count). The Labute approximate surface area is 221 Å². The smallest absolute Gasteiger partial charge is 0.271 e. The zero-order valence-corrected chi connectivity index (χ0v) is 21.7. The molecular formula is C29H20N4O2S2. The van der Waals surface area contributed by atoms with Crippen molar-refractivity contribution in [2.24, 2.45) is 0 Å². The van der Waals surface area contributed by atoms with Crippen LogP contribution in [0.1, 0.15) is 19.5 Å². The number of aromatic nitrogens is 2. The molecule has 0 spiro atoms. The molecule has 6 nitrogen and oxygen atoms in total. The van der Waals surface area contributed by atoms with E-state index in [1.54, 1.807) is 42.6 Å². The van der Waals surface area contributed by atoms with Crippen LogP contribution in [0.5, 0.6) is 0 Å². The van der Waals surface area contributed by atoms with E-state index in [9.17, 15) is 14.9 Å². The Balaban J connectivity index is 1.56. The summed E-state index contributed by atoms with van der Waals surface area (Å²) in [6, 6.07) is 24.3. The number of nitriles is 1. The number of carbonyl (C=O) groups excluding carboxylic acids is 2. The van der Waals surface area contributed by atoms with Crippen LogP contribution in [0, 0.1) is 11.3 Å². The molecule has 2 amide bonds. The molecule has 5 aromatic rings. The van der Waals surface area contributed by atoms with Gasteiger partial charge in [-0.2, -0.15) is 5.26 Å². The number of carbonyl (C=O) groups is 2. The van der Waals surface area contributed by atoms with Crippen molar-refractivity contribution in [3.63, 3.8) is 0 Å². The summed E-state index contributed by atoms with van der Waals surface area (Å²) in [5.74, 6) is -0.939. The number of benzene rings is 2. The zero-order chi connectivity index (χ0) is 25.7. The molecule has 0 aliphatic carbocycles. The summed E-state index contributed by atoms with van der Waals surface area (Å²) in [7, 11) is 0. The predicted octanol–water partition coefficient (Wildman–Crippen LogP) is 6.58. The summed E-state index contributed by atoms with van der Waals surface area (Å²) < 4.78 is 4.22. The Morgan fingerprint density at radius 2 is 1.73 bits per heavy atom. The van der Waals surface area contributed by atoms with Crippen LogP contribution in [0.4, 0.5) is 0 Å². The van der Waals surface area contributed by atoms with Gasteiger partial charge >= 0.3 is 0 Å². The third kappa shape index (κ3) is 3.71. The Morgan fingerprint density at radius 1 is 0.973 bits per heavy atom. The van der Waals surface area contributed by atoms with Crippen molar-refractivity contribution < 1.29 is 9.59 Å². The standard InChI is InChI=1S/C29H20N4O2S2/c1-3-32-28(34)21(17(2)22(16-30)29(32)35)14-20-15-24-26(33(20)19-10-5-4-6-11-19)31-27(37-24)25-13-18-9-7-8-12-23(18)36-25/h4-15H,3H2,1-2H3/b21-14-. The molecule has 0 N–H and O–H groups in total. The van der Waals surface area contributed by atoms with E-state index in [2.05, 4.69) is 18.2 Å². The average molecular weight is 521 g/mol. The number of nitrogens with zero attached hydrogens (tertiary/aromatic N) is 4. The number of likely N-dealkylation sites (N-methyl/N-ethyl adjacent to an activating group) is 1. The molecule has 1 aliphatic rings. The molecule has 8 heteroatoms. The topological polar surface area (TPSA) is 79.0 Å². The lowest BCUT2D eigenvalue weighted by Gasteiger charge is -2.26. The lowest BCUT2D eigenvalue weighted by molar-refractivity contribution is -0.140. The largest absolute Gasteiger partial charge is 0.294 e. The summed E-state index contributed by atoms with van der Waals surface area (Å²) in [4.78, 5) is 33.1. The first-order chi connectivity index (χ1) is 18.0. The Bertz CT molecular complexity index is 1800. The van der Waals surface area contributed by atoms with E-state index in [0.29, 0.717) is 11.1 Å². The van der Waals surface area contributed by atoms with Crippen molar-refractivity contribution in [2.75, 3.05) is 6.54 Å². The third-order valence-corrected chi connectivity index (χ3v) is 8.74. The van der Waals surface area contributed by atoms with Gasteiger partial charge in [-0.3, -0.25) is 19.1 Å². The van der Waals surface area contributed by atoms with Crippen LogP contribution in [0.2, 0.25) is 0 Å². The van der Waals surface area contributed by atoms with Crippen molar-refractivity contribution in [1.29, 1.82) is 5.26 Å². The van der Waals surface area contributed by atoms with E-state index in [0.717, 1.165) is 36.5 Å². The molecule has 2 aromatic carbocycles. The highest BCUT2D eigenvalue weighted by Gasteiger charge is 2.34. The number of imide groups is 1. The molecule has 1 aliphatic heterocycles. The number of hydrogen-bond donors (Lipinski definition) is 0.